The van der Waals surface area contributed by atoms with Crippen LogP contribution >= 0.6 is 0 Å². The molecule has 1 aromatic rings. The molecular formula is C20H28NO4-. The van der Waals surface area contributed by atoms with E-state index in [1.807, 2.05) is 12.1 Å². The number of carbonyl (C=O) groups is 2. The van der Waals surface area contributed by atoms with Gasteiger partial charge >= 0.3 is 0 Å². The monoisotopic (exact) mass is 346 g/mol. The highest BCUT2D eigenvalue weighted by molar-refractivity contribution is 5.78. The van der Waals surface area contributed by atoms with Gasteiger partial charge in [0.1, 0.15) is 5.75 Å². The summed E-state index contributed by atoms with van der Waals surface area (Å²) in [5.74, 6) is -0.827. The predicted molar refractivity (Wildman–Crippen MR) is 94.3 cm³/mol. The lowest BCUT2D eigenvalue weighted by molar-refractivity contribution is -0.312. The molecule has 25 heavy (non-hydrogen) atoms. The molecule has 2 rings (SSSR count). The molecule has 0 bridgehead atoms. The molecule has 1 aliphatic heterocycles. The average molecular weight is 346 g/mol. The van der Waals surface area contributed by atoms with Gasteiger partial charge in [0.2, 0.25) is 0 Å². The third kappa shape index (κ3) is 4.97. The van der Waals surface area contributed by atoms with Crippen LogP contribution in [0.1, 0.15) is 51.7 Å². The molecule has 0 spiro atoms. The normalized spacial score (nSPS) is 15.9. The number of nitrogens with zero attached hydrogens (tertiary/aromatic N) is 1. The highest BCUT2D eigenvalue weighted by Crippen LogP contribution is 2.32. The molecule has 1 saturated heterocycles. The lowest BCUT2D eigenvalue weighted by Gasteiger charge is -2.32. The molecule has 0 radical (unpaired) electrons. The highest BCUT2D eigenvalue weighted by atomic mass is 16.5. The van der Waals surface area contributed by atoms with Gasteiger partial charge in [-0.1, -0.05) is 39.8 Å². The van der Waals surface area contributed by atoms with Crippen molar-refractivity contribution in [1.29, 1.82) is 0 Å². The Bertz CT molecular complexity index is 625. The molecule has 1 fully saturated rings. The summed E-state index contributed by atoms with van der Waals surface area (Å²) in [4.78, 5) is 24.9. The summed E-state index contributed by atoms with van der Waals surface area (Å²) < 4.78 is 5.83. The predicted octanol–water partition coefficient (Wildman–Crippen LogP) is 1.91. The lowest BCUT2D eigenvalue weighted by Crippen LogP contribution is -2.45. The van der Waals surface area contributed by atoms with Crippen LogP contribution in [0.2, 0.25) is 0 Å². The maximum Gasteiger partial charge on any atom is 0.260 e. The molecule has 138 valence electrons. The molecular weight excluding hydrogens is 318 g/mol. The third-order valence-electron chi connectivity index (χ3n) is 4.79. The van der Waals surface area contributed by atoms with Crippen LogP contribution in [0.4, 0.5) is 0 Å². The molecule has 1 aliphatic rings. The summed E-state index contributed by atoms with van der Waals surface area (Å²) in [6, 6.07) is 6.11. The van der Waals surface area contributed by atoms with E-state index >= 15 is 0 Å². The van der Waals surface area contributed by atoms with Crippen molar-refractivity contribution in [1.82, 2.24) is 4.90 Å². The standard InChI is InChI=1S/C20H29NO4/c1-5-14-6-7-17(16(12-14)20(2,3)4)25-13-18(22)21-10-8-15(9-11-21)19(23)24/h6-7,12,15H,5,8-11,13H2,1-4H3,(H,23,24)/p-1. The number of ether oxygens (including phenoxy) is 1. The van der Waals surface area contributed by atoms with Crippen LogP contribution in [0.15, 0.2) is 18.2 Å². The van der Waals surface area contributed by atoms with E-state index in [9.17, 15) is 14.7 Å². The quantitative estimate of drug-likeness (QED) is 0.817. The van der Waals surface area contributed by atoms with Gasteiger partial charge in [0.05, 0.1) is 0 Å². The Morgan fingerprint density at radius 1 is 1.24 bits per heavy atom. The van der Waals surface area contributed by atoms with Gasteiger partial charge in [0.25, 0.3) is 5.91 Å². The first-order valence-corrected chi connectivity index (χ1v) is 8.97. The molecule has 0 aromatic heterocycles. The molecule has 0 unspecified atom stereocenters. The van der Waals surface area contributed by atoms with Crippen LogP contribution in [0.25, 0.3) is 0 Å². The summed E-state index contributed by atoms with van der Waals surface area (Å²) >= 11 is 0. The van der Waals surface area contributed by atoms with E-state index in [1.165, 1.54) is 5.56 Å². The topological polar surface area (TPSA) is 69.7 Å². The number of hydrogen-bond acceptors (Lipinski definition) is 4. The number of carboxylic acid groups (broad SMARTS) is 1. The fourth-order valence-electron chi connectivity index (χ4n) is 3.10. The first-order valence-electron chi connectivity index (χ1n) is 8.97. The van der Waals surface area contributed by atoms with Gasteiger partial charge in [-0.15, -0.1) is 0 Å². The zero-order chi connectivity index (χ0) is 18.6. The van der Waals surface area contributed by atoms with Crippen molar-refractivity contribution in [2.45, 2.75) is 52.4 Å². The summed E-state index contributed by atoms with van der Waals surface area (Å²) in [5, 5.41) is 10.9. The minimum absolute atomic E-state index is 0.0233. The minimum Gasteiger partial charge on any atom is -0.550 e. The van der Waals surface area contributed by atoms with Gasteiger partial charge in [0.15, 0.2) is 6.61 Å². The molecule has 1 amide bonds. The van der Waals surface area contributed by atoms with E-state index in [0.717, 1.165) is 17.7 Å². The molecule has 0 N–H and O–H groups in total. The number of aliphatic carboxylic acids is 1. The largest absolute Gasteiger partial charge is 0.550 e. The summed E-state index contributed by atoms with van der Waals surface area (Å²) in [7, 11) is 0. The first kappa shape index (κ1) is 19.3. The Kier molecular flexibility index (Phi) is 6.09. The third-order valence-corrected chi connectivity index (χ3v) is 4.79. The molecule has 1 aromatic carbocycles. The van der Waals surface area contributed by atoms with Crippen LogP contribution in [0.5, 0.6) is 5.75 Å². The van der Waals surface area contributed by atoms with Gasteiger partial charge in [-0.05, 0) is 41.9 Å². The maximum absolute atomic E-state index is 12.4. The molecule has 5 heteroatoms. The number of likely N-dealkylation sites (tertiary alicyclic amines) is 1. The van der Waals surface area contributed by atoms with Gasteiger partial charge in [-0.3, -0.25) is 4.79 Å². The van der Waals surface area contributed by atoms with E-state index in [2.05, 4.69) is 33.8 Å². The van der Waals surface area contributed by atoms with Crippen molar-refractivity contribution in [3.8, 4) is 5.75 Å². The molecule has 0 saturated carbocycles. The van der Waals surface area contributed by atoms with E-state index in [-0.39, 0.29) is 17.9 Å². The lowest BCUT2D eigenvalue weighted by atomic mass is 9.85. The summed E-state index contributed by atoms with van der Waals surface area (Å²) in [5.41, 5.74) is 2.26. The van der Waals surface area contributed by atoms with Crippen molar-refractivity contribution in [3.63, 3.8) is 0 Å². The van der Waals surface area contributed by atoms with Gasteiger partial charge in [-0.25, -0.2) is 0 Å². The van der Waals surface area contributed by atoms with Crippen LogP contribution in [0.3, 0.4) is 0 Å². The van der Waals surface area contributed by atoms with Crippen molar-refractivity contribution >= 4 is 11.9 Å². The molecule has 0 aliphatic carbocycles. The van der Waals surface area contributed by atoms with E-state index < -0.39 is 11.9 Å². The fourth-order valence-corrected chi connectivity index (χ4v) is 3.10. The van der Waals surface area contributed by atoms with Crippen LogP contribution in [-0.2, 0) is 21.4 Å². The second kappa shape index (κ2) is 7.89. The van der Waals surface area contributed by atoms with Crippen molar-refractivity contribution in [2.75, 3.05) is 19.7 Å². The SMILES string of the molecule is CCc1ccc(OCC(=O)N2CCC(C(=O)[O-])CC2)c(C(C)(C)C)c1. The smallest absolute Gasteiger partial charge is 0.260 e. The van der Waals surface area contributed by atoms with Crippen LogP contribution < -0.4 is 9.84 Å². The van der Waals surface area contributed by atoms with Crippen molar-refractivity contribution < 1.29 is 19.4 Å². The number of hydrogen-bond donors (Lipinski definition) is 0. The van der Waals surface area contributed by atoms with E-state index in [0.29, 0.717) is 25.9 Å². The Labute approximate surface area is 150 Å². The number of piperidine rings is 1. The highest BCUT2D eigenvalue weighted by Gasteiger charge is 2.25. The Hall–Kier alpha value is -2.04. The molecule has 0 atom stereocenters. The Morgan fingerprint density at radius 2 is 1.88 bits per heavy atom. The average Bonchev–Trinajstić information content (AvgIpc) is 2.58. The number of amides is 1. The van der Waals surface area contributed by atoms with Crippen molar-refractivity contribution in [3.05, 3.63) is 29.3 Å². The second-order valence-electron chi connectivity index (χ2n) is 7.70. The number of aryl methyl sites for hydroxylation is 1. The number of carbonyl (C=O) groups excluding carboxylic acids is 2. The van der Waals surface area contributed by atoms with Crippen LogP contribution in [-0.4, -0.2) is 36.5 Å². The summed E-state index contributed by atoms with van der Waals surface area (Å²) in [6.07, 6.45) is 1.86. The minimum atomic E-state index is -1.02. The zero-order valence-electron chi connectivity index (χ0n) is 15.6. The number of benzene rings is 1. The zero-order valence-corrected chi connectivity index (χ0v) is 15.6. The maximum atomic E-state index is 12.4. The van der Waals surface area contributed by atoms with Gasteiger partial charge < -0.3 is 19.5 Å². The fraction of sp³-hybridized carbons (Fsp3) is 0.600. The van der Waals surface area contributed by atoms with Gasteiger partial charge in [0, 0.05) is 25.0 Å². The molecule has 1 heterocycles. The van der Waals surface area contributed by atoms with E-state index in [4.69, 9.17) is 4.74 Å². The van der Waals surface area contributed by atoms with Crippen molar-refractivity contribution in [2.24, 2.45) is 5.92 Å². The number of rotatable bonds is 5. The second-order valence-corrected chi connectivity index (χ2v) is 7.70. The Balaban J connectivity index is 1.99. The van der Waals surface area contributed by atoms with E-state index in [1.54, 1.807) is 4.90 Å². The summed E-state index contributed by atoms with van der Waals surface area (Å²) in [6.45, 7) is 9.36. The van der Waals surface area contributed by atoms with Gasteiger partial charge in [-0.2, -0.15) is 0 Å². The first-order chi connectivity index (χ1) is 11.7. The molecule has 5 nitrogen and oxygen atoms in total. The number of carboxylic acids is 1. The Morgan fingerprint density at radius 3 is 2.40 bits per heavy atom. The van der Waals surface area contributed by atoms with Crippen LogP contribution in [0, 0.1) is 5.92 Å².